The van der Waals surface area contributed by atoms with E-state index in [4.69, 9.17) is 9.47 Å². The van der Waals surface area contributed by atoms with Crippen LogP contribution in [0.15, 0.2) is 71.8 Å². The van der Waals surface area contributed by atoms with E-state index in [1.807, 2.05) is 36.5 Å². The van der Waals surface area contributed by atoms with Gasteiger partial charge in [-0.15, -0.1) is 0 Å². The fourth-order valence-corrected chi connectivity index (χ4v) is 3.17. The van der Waals surface area contributed by atoms with Crippen molar-refractivity contribution in [2.45, 2.75) is 12.8 Å². The summed E-state index contributed by atoms with van der Waals surface area (Å²) in [4.78, 5) is 12.6. The normalized spacial score (nSPS) is 16.9. The number of ether oxygens (including phenoxy) is 2. The lowest BCUT2D eigenvalue weighted by Gasteiger charge is -2.03. The summed E-state index contributed by atoms with van der Waals surface area (Å²) in [6.07, 6.45) is 12.5. The highest BCUT2D eigenvalue weighted by Gasteiger charge is 2.21. The van der Waals surface area contributed by atoms with Gasteiger partial charge in [0.2, 0.25) is 0 Å². The van der Waals surface area contributed by atoms with Crippen molar-refractivity contribution < 1.29 is 24.5 Å². The van der Waals surface area contributed by atoms with Gasteiger partial charge in [-0.3, -0.25) is 4.79 Å². The van der Waals surface area contributed by atoms with E-state index in [1.54, 1.807) is 36.4 Å². The number of phenolic OH excluding ortho intramolecular Hbond substituents is 2. The summed E-state index contributed by atoms with van der Waals surface area (Å²) < 4.78 is 10.2. The van der Waals surface area contributed by atoms with Crippen molar-refractivity contribution in [3.05, 3.63) is 83.0 Å². The van der Waals surface area contributed by atoms with Gasteiger partial charge in [0.15, 0.2) is 28.8 Å². The fraction of sp³-hybridized carbons (Fsp3) is 0.160. The van der Waals surface area contributed by atoms with Crippen LogP contribution in [-0.4, -0.2) is 30.2 Å². The lowest BCUT2D eigenvalue weighted by molar-refractivity contribution is -0.111. The number of allylic oxidation sites excluding steroid dienone is 6. The zero-order valence-electron chi connectivity index (χ0n) is 17.0. The molecule has 1 aliphatic carbocycles. The molecule has 1 aliphatic rings. The first-order valence-corrected chi connectivity index (χ1v) is 9.55. The van der Waals surface area contributed by atoms with Crippen molar-refractivity contribution in [1.29, 1.82) is 0 Å². The van der Waals surface area contributed by atoms with Gasteiger partial charge in [0.25, 0.3) is 0 Å². The van der Waals surface area contributed by atoms with E-state index in [1.165, 1.54) is 14.2 Å². The first kappa shape index (κ1) is 21.0. The number of aromatic hydroxyl groups is 2. The number of hydrogen-bond donors (Lipinski definition) is 2. The molecule has 1 saturated carbocycles. The molecule has 2 aromatic rings. The van der Waals surface area contributed by atoms with Crippen molar-refractivity contribution in [3.63, 3.8) is 0 Å². The molecule has 0 bridgehead atoms. The van der Waals surface area contributed by atoms with Crippen LogP contribution in [0.1, 0.15) is 24.0 Å². The van der Waals surface area contributed by atoms with E-state index in [9.17, 15) is 15.0 Å². The van der Waals surface area contributed by atoms with Crippen molar-refractivity contribution >= 4 is 17.9 Å². The summed E-state index contributed by atoms with van der Waals surface area (Å²) in [5.41, 5.74) is 3.27. The average Bonchev–Trinajstić information content (AvgIpc) is 3.10. The van der Waals surface area contributed by atoms with Gasteiger partial charge in [0.05, 0.1) is 14.2 Å². The SMILES string of the molecule is COc1cc(/C=C\C=C2\CC/C(=C/C=C/c3ccc(O)c(OC)c3)C2=O)ccc1O. The Labute approximate surface area is 175 Å². The third-order valence-electron chi connectivity index (χ3n) is 4.83. The Hall–Kier alpha value is -3.73. The van der Waals surface area contributed by atoms with Crippen LogP contribution in [0.4, 0.5) is 0 Å². The smallest absolute Gasteiger partial charge is 0.185 e. The van der Waals surface area contributed by atoms with Gasteiger partial charge in [0, 0.05) is 11.1 Å². The predicted molar refractivity (Wildman–Crippen MR) is 118 cm³/mol. The molecule has 0 saturated heterocycles. The lowest BCUT2D eigenvalue weighted by atomic mass is 10.1. The Bertz CT molecular complexity index is 974. The highest BCUT2D eigenvalue weighted by molar-refractivity contribution is 6.11. The van der Waals surface area contributed by atoms with E-state index in [0.717, 1.165) is 22.3 Å². The molecule has 154 valence electrons. The molecule has 0 atom stereocenters. The minimum Gasteiger partial charge on any atom is -0.504 e. The number of Topliss-reactive ketones (excluding diaryl/α,β-unsaturated/α-hetero) is 1. The van der Waals surface area contributed by atoms with E-state index in [2.05, 4.69) is 0 Å². The van der Waals surface area contributed by atoms with Gasteiger partial charge in [0.1, 0.15) is 0 Å². The topological polar surface area (TPSA) is 76.0 Å². The first-order chi connectivity index (χ1) is 14.5. The van der Waals surface area contributed by atoms with Crippen LogP contribution in [0.2, 0.25) is 0 Å². The molecule has 0 unspecified atom stereocenters. The summed E-state index contributed by atoms with van der Waals surface area (Å²) in [6, 6.07) is 10.2. The van der Waals surface area contributed by atoms with Crippen molar-refractivity contribution in [2.75, 3.05) is 14.2 Å². The Morgan fingerprint density at radius 3 is 1.60 bits per heavy atom. The number of carbonyl (C=O) groups excluding carboxylic acids is 1. The van der Waals surface area contributed by atoms with Crippen LogP contribution in [0.3, 0.4) is 0 Å². The van der Waals surface area contributed by atoms with Crippen LogP contribution in [-0.2, 0) is 4.79 Å². The molecule has 0 radical (unpaired) electrons. The minimum absolute atomic E-state index is 0.0517. The molecule has 2 aromatic carbocycles. The molecule has 0 amide bonds. The quantitative estimate of drug-likeness (QED) is 0.659. The number of phenols is 2. The molecule has 5 nitrogen and oxygen atoms in total. The maximum absolute atomic E-state index is 12.6. The zero-order chi connectivity index (χ0) is 21.5. The molecular formula is C25H24O5. The maximum Gasteiger partial charge on any atom is 0.185 e. The summed E-state index contributed by atoms with van der Waals surface area (Å²) in [5.74, 6) is 1.05. The maximum atomic E-state index is 12.6. The lowest BCUT2D eigenvalue weighted by Crippen LogP contribution is -1.94. The molecular weight excluding hydrogens is 380 g/mol. The molecule has 30 heavy (non-hydrogen) atoms. The minimum atomic E-state index is 0.0517. The van der Waals surface area contributed by atoms with Crippen LogP contribution in [0.5, 0.6) is 23.0 Å². The number of hydrogen-bond acceptors (Lipinski definition) is 5. The molecule has 0 aromatic heterocycles. The average molecular weight is 404 g/mol. The molecule has 1 fully saturated rings. The van der Waals surface area contributed by atoms with E-state index >= 15 is 0 Å². The number of ketones is 1. The largest absolute Gasteiger partial charge is 0.504 e. The first-order valence-electron chi connectivity index (χ1n) is 9.55. The van der Waals surface area contributed by atoms with Gasteiger partial charge < -0.3 is 19.7 Å². The fourth-order valence-electron chi connectivity index (χ4n) is 3.17. The Morgan fingerprint density at radius 2 is 1.20 bits per heavy atom. The molecule has 5 heteroatoms. The van der Waals surface area contributed by atoms with Crippen LogP contribution >= 0.6 is 0 Å². The van der Waals surface area contributed by atoms with E-state index < -0.39 is 0 Å². The summed E-state index contributed by atoms with van der Waals surface area (Å²) in [7, 11) is 3.00. The van der Waals surface area contributed by atoms with Crippen molar-refractivity contribution in [1.82, 2.24) is 0 Å². The third kappa shape index (κ3) is 5.00. The number of methoxy groups -OCH3 is 2. The van der Waals surface area contributed by atoms with Gasteiger partial charge >= 0.3 is 0 Å². The van der Waals surface area contributed by atoms with Crippen LogP contribution in [0.25, 0.3) is 12.2 Å². The van der Waals surface area contributed by atoms with Gasteiger partial charge in [-0.05, 0) is 48.2 Å². The van der Waals surface area contributed by atoms with Gasteiger partial charge in [-0.25, -0.2) is 0 Å². The predicted octanol–water partition coefficient (Wildman–Crippen LogP) is 5.06. The van der Waals surface area contributed by atoms with Crippen LogP contribution in [0, 0.1) is 0 Å². The third-order valence-corrected chi connectivity index (χ3v) is 4.83. The Morgan fingerprint density at radius 1 is 0.767 bits per heavy atom. The molecule has 0 heterocycles. The zero-order valence-corrected chi connectivity index (χ0v) is 17.0. The molecule has 3 rings (SSSR count). The standard InChI is InChI=1S/C25H24O5/c1-29-23-15-17(9-13-21(23)26)5-3-7-19-11-12-20(25(19)28)8-4-6-18-10-14-22(27)24(16-18)30-2/h3-10,13-16,26-27H,11-12H2,1-2H3/b5-3-,6-4+,19-7-,20-8-. The second kappa shape index (κ2) is 9.65. The number of rotatable bonds is 6. The van der Waals surface area contributed by atoms with E-state index in [0.29, 0.717) is 24.3 Å². The number of benzene rings is 2. The van der Waals surface area contributed by atoms with Crippen LogP contribution < -0.4 is 9.47 Å². The summed E-state index contributed by atoms with van der Waals surface area (Å²) in [6.45, 7) is 0. The monoisotopic (exact) mass is 404 g/mol. The van der Waals surface area contributed by atoms with E-state index in [-0.39, 0.29) is 17.3 Å². The highest BCUT2D eigenvalue weighted by atomic mass is 16.5. The Kier molecular flexibility index (Phi) is 6.75. The van der Waals surface area contributed by atoms with Crippen molar-refractivity contribution in [2.24, 2.45) is 0 Å². The number of carbonyl (C=O) groups is 1. The summed E-state index contributed by atoms with van der Waals surface area (Å²) in [5, 5.41) is 19.3. The van der Waals surface area contributed by atoms with Gasteiger partial charge in [-0.2, -0.15) is 0 Å². The highest BCUT2D eigenvalue weighted by Crippen LogP contribution is 2.29. The van der Waals surface area contributed by atoms with Crippen molar-refractivity contribution in [3.8, 4) is 23.0 Å². The molecule has 2 N–H and O–H groups in total. The summed E-state index contributed by atoms with van der Waals surface area (Å²) >= 11 is 0. The second-order valence-electron chi connectivity index (χ2n) is 6.79. The molecule has 0 spiro atoms. The second-order valence-corrected chi connectivity index (χ2v) is 6.79. The molecule has 0 aliphatic heterocycles. The Balaban J connectivity index is 1.66. The van der Waals surface area contributed by atoms with Gasteiger partial charge in [-0.1, -0.05) is 48.6 Å².